The van der Waals surface area contributed by atoms with Crippen LogP contribution in [0.2, 0.25) is 0 Å². The second-order valence-corrected chi connectivity index (χ2v) is 5.24. The van der Waals surface area contributed by atoms with Gasteiger partial charge in [-0.1, -0.05) is 19.1 Å². The molecule has 0 spiro atoms. The second-order valence-electron chi connectivity index (χ2n) is 5.24. The minimum Gasteiger partial charge on any atom is -0.506 e. The van der Waals surface area contributed by atoms with E-state index in [1.54, 1.807) is 30.3 Å². The number of Topliss-reactive ketones (excluding diaryl/α,β-unsaturated/α-hetero) is 1. The summed E-state index contributed by atoms with van der Waals surface area (Å²) in [6, 6.07) is 6.54. The first kappa shape index (κ1) is 15.1. The standard InChI is InChI=1S/C18H16O5/c1-2-11-6-5-7-12(22-11)10-14(19)16-17(20)13-8-3-4-9-15(13)23-18(16)21/h3-4,6-9,20H,2,5,10H2,1H3. The number of benzene rings is 1. The van der Waals surface area contributed by atoms with Gasteiger partial charge in [-0.05, 0) is 30.7 Å². The lowest BCUT2D eigenvalue weighted by atomic mass is 10.0. The molecule has 0 saturated heterocycles. The third kappa shape index (κ3) is 2.90. The van der Waals surface area contributed by atoms with Crippen LogP contribution in [-0.2, 0) is 4.74 Å². The van der Waals surface area contributed by atoms with Gasteiger partial charge in [0.25, 0.3) is 0 Å². The van der Waals surface area contributed by atoms with Crippen molar-refractivity contribution in [1.82, 2.24) is 0 Å². The molecule has 2 heterocycles. The highest BCUT2D eigenvalue weighted by molar-refractivity contribution is 6.03. The average molecular weight is 312 g/mol. The molecule has 1 aromatic carbocycles. The van der Waals surface area contributed by atoms with Crippen LogP contribution >= 0.6 is 0 Å². The highest BCUT2D eigenvalue weighted by Crippen LogP contribution is 2.28. The van der Waals surface area contributed by atoms with Crippen molar-refractivity contribution in [2.24, 2.45) is 0 Å². The molecule has 0 bridgehead atoms. The zero-order chi connectivity index (χ0) is 16.4. The fourth-order valence-corrected chi connectivity index (χ4v) is 2.52. The molecule has 0 aliphatic carbocycles. The van der Waals surface area contributed by atoms with E-state index >= 15 is 0 Å². The number of rotatable bonds is 4. The highest BCUT2D eigenvalue weighted by atomic mass is 16.5. The van der Waals surface area contributed by atoms with Crippen LogP contribution in [0.5, 0.6) is 5.75 Å². The molecule has 2 aromatic rings. The van der Waals surface area contributed by atoms with Crippen molar-refractivity contribution < 1.29 is 19.1 Å². The minimum atomic E-state index is -0.839. The number of fused-ring (bicyclic) bond motifs is 1. The monoisotopic (exact) mass is 312 g/mol. The lowest BCUT2D eigenvalue weighted by molar-refractivity contribution is 0.0966. The van der Waals surface area contributed by atoms with E-state index in [4.69, 9.17) is 9.15 Å². The molecule has 3 rings (SSSR count). The van der Waals surface area contributed by atoms with E-state index in [1.165, 1.54) is 0 Å². The molecule has 5 nitrogen and oxygen atoms in total. The van der Waals surface area contributed by atoms with Gasteiger partial charge in [0.1, 0.15) is 22.7 Å². The van der Waals surface area contributed by atoms with Gasteiger partial charge in [0, 0.05) is 6.42 Å². The molecular weight excluding hydrogens is 296 g/mol. The summed E-state index contributed by atoms with van der Waals surface area (Å²) in [6.45, 7) is 1.96. The Hall–Kier alpha value is -2.82. The number of aromatic hydroxyl groups is 1. The maximum absolute atomic E-state index is 12.4. The number of hydrogen-bond donors (Lipinski definition) is 1. The van der Waals surface area contributed by atoms with Crippen molar-refractivity contribution in [3.8, 4) is 5.75 Å². The van der Waals surface area contributed by atoms with Crippen molar-refractivity contribution in [2.75, 3.05) is 0 Å². The van der Waals surface area contributed by atoms with E-state index in [0.29, 0.717) is 17.6 Å². The third-order valence-electron chi connectivity index (χ3n) is 3.70. The van der Waals surface area contributed by atoms with Crippen LogP contribution in [0.3, 0.4) is 0 Å². The minimum absolute atomic E-state index is 0.0893. The third-order valence-corrected chi connectivity index (χ3v) is 3.70. The first-order valence-corrected chi connectivity index (χ1v) is 7.44. The molecule has 0 radical (unpaired) electrons. The molecule has 118 valence electrons. The molecule has 0 atom stereocenters. The van der Waals surface area contributed by atoms with Crippen LogP contribution in [0, 0.1) is 0 Å². The predicted octanol–water partition coefficient (Wildman–Crippen LogP) is 3.67. The second kappa shape index (κ2) is 6.12. The van der Waals surface area contributed by atoms with Gasteiger partial charge >= 0.3 is 5.63 Å². The molecule has 23 heavy (non-hydrogen) atoms. The molecule has 1 aliphatic heterocycles. The van der Waals surface area contributed by atoms with E-state index < -0.39 is 11.4 Å². The summed E-state index contributed by atoms with van der Waals surface area (Å²) in [5, 5.41) is 10.6. The van der Waals surface area contributed by atoms with Gasteiger partial charge in [0.05, 0.1) is 17.6 Å². The largest absolute Gasteiger partial charge is 0.506 e. The van der Waals surface area contributed by atoms with Gasteiger partial charge in [0.2, 0.25) is 0 Å². The van der Waals surface area contributed by atoms with E-state index in [9.17, 15) is 14.7 Å². The summed E-state index contributed by atoms with van der Waals surface area (Å²) < 4.78 is 10.7. The average Bonchev–Trinajstić information content (AvgIpc) is 2.55. The predicted molar refractivity (Wildman–Crippen MR) is 85.3 cm³/mol. The lowest BCUT2D eigenvalue weighted by Crippen LogP contribution is -2.16. The molecule has 1 aromatic heterocycles. The Kier molecular flexibility index (Phi) is 4.02. The van der Waals surface area contributed by atoms with E-state index in [1.807, 2.05) is 13.0 Å². The van der Waals surface area contributed by atoms with Crippen LogP contribution in [0.4, 0.5) is 0 Å². The summed E-state index contributed by atoms with van der Waals surface area (Å²) in [5.41, 5.74) is -0.925. The highest BCUT2D eigenvalue weighted by Gasteiger charge is 2.22. The van der Waals surface area contributed by atoms with Crippen molar-refractivity contribution in [3.05, 3.63) is 63.9 Å². The summed E-state index contributed by atoms with van der Waals surface area (Å²) in [5.74, 6) is 0.418. The van der Waals surface area contributed by atoms with Gasteiger partial charge in [-0.15, -0.1) is 0 Å². The van der Waals surface area contributed by atoms with Crippen molar-refractivity contribution in [2.45, 2.75) is 26.2 Å². The Morgan fingerprint density at radius 3 is 2.74 bits per heavy atom. The number of carbonyl (C=O) groups excluding carboxylic acids is 1. The van der Waals surface area contributed by atoms with Crippen LogP contribution in [0.25, 0.3) is 11.0 Å². The van der Waals surface area contributed by atoms with Gasteiger partial charge in [-0.3, -0.25) is 4.79 Å². The number of carbonyl (C=O) groups is 1. The number of para-hydroxylation sites is 1. The smallest absolute Gasteiger partial charge is 0.351 e. The first-order valence-electron chi connectivity index (χ1n) is 7.44. The topological polar surface area (TPSA) is 76.7 Å². The number of allylic oxidation sites excluding steroid dienone is 4. The van der Waals surface area contributed by atoms with Crippen molar-refractivity contribution in [3.63, 3.8) is 0 Å². The van der Waals surface area contributed by atoms with Crippen molar-refractivity contribution in [1.29, 1.82) is 0 Å². The Morgan fingerprint density at radius 2 is 1.96 bits per heavy atom. The maximum Gasteiger partial charge on any atom is 0.351 e. The van der Waals surface area contributed by atoms with E-state index in [0.717, 1.165) is 12.2 Å². The molecule has 1 aliphatic rings. The summed E-state index contributed by atoms with van der Waals surface area (Å²) in [4.78, 5) is 24.5. The molecule has 0 amide bonds. The number of ether oxygens (including phenoxy) is 1. The number of ketones is 1. The molecule has 5 heteroatoms. The Labute approximate surface area is 132 Å². The van der Waals surface area contributed by atoms with Crippen LogP contribution in [0.1, 0.15) is 36.5 Å². The zero-order valence-electron chi connectivity index (χ0n) is 12.7. The molecule has 0 unspecified atom stereocenters. The fourth-order valence-electron chi connectivity index (χ4n) is 2.52. The Morgan fingerprint density at radius 1 is 1.22 bits per heavy atom. The zero-order valence-corrected chi connectivity index (χ0v) is 12.7. The summed E-state index contributed by atoms with van der Waals surface area (Å²) in [7, 11) is 0. The van der Waals surface area contributed by atoms with Gasteiger partial charge in [-0.2, -0.15) is 0 Å². The molecule has 0 saturated carbocycles. The van der Waals surface area contributed by atoms with Gasteiger partial charge < -0.3 is 14.3 Å². The SMILES string of the molecule is CCC1=CCC=C(CC(=O)c2c(O)c3ccccc3oc2=O)O1. The van der Waals surface area contributed by atoms with Crippen LogP contribution in [0.15, 0.2) is 57.1 Å². The summed E-state index contributed by atoms with van der Waals surface area (Å²) in [6.07, 6.45) is 5.06. The van der Waals surface area contributed by atoms with Crippen LogP contribution < -0.4 is 5.63 Å². The van der Waals surface area contributed by atoms with Gasteiger partial charge in [0.15, 0.2) is 5.78 Å². The number of hydrogen-bond acceptors (Lipinski definition) is 5. The quantitative estimate of drug-likeness (QED) is 0.688. The van der Waals surface area contributed by atoms with E-state index in [-0.39, 0.29) is 23.3 Å². The normalized spacial score (nSPS) is 14.1. The first-order chi connectivity index (χ1) is 11.1. The van der Waals surface area contributed by atoms with Gasteiger partial charge in [-0.25, -0.2) is 4.79 Å². The Balaban J connectivity index is 1.93. The lowest BCUT2D eigenvalue weighted by Gasteiger charge is -2.15. The maximum atomic E-state index is 12.4. The van der Waals surface area contributed by atoms with Crippen molar-refractivity contribution >= 4 is 16.8 Å². The fraction of sp³-hybridized carbons (Fsp3) is 0.222. The van der Waals surface area contributed by atoms with E-state index in [2.05, 4.69) is 0 Å². The molecule has 0 fully saturated rings. The molecular formula is C18H16O5. The Bertz CT molecular complexity index is 886. The molecule has 1 N–H and O–H groups in total. The van der Waals surface area contributed by atoms with Crippen LogP contribution in [-0.4, -0.2) is 10.9 Å². The summed E-state index contributed by atoms with van der Waals surface area (Å²) >= 11 is 0.